The van der Waals surface area contributed by atoms with E-state index in [0.29, 0.717) is 6.04 Å². The van der Waals surface area contributed by atoms with Crippen LogP contribution in [0.1, 0.15) is 50.0 Å². The maximum absolute atomic E-state index is 11.7. The van der Waals surface area contributed by atoms with Crippen LogP contribution in [0.2, 0.25) is 0 Å². The highest BCUT2D eigenvalue weighted by Gasteiger charge is 2.38. The maximum atomic E-state index is 11.7. The predicted octanol–water partition coefficient (Wildman–Crippen LogP) is 3.50. The van der Waals surface area contributed by atoms with E-state index in [4.69, 9.17) is 0 Å². The molecule has 1 heterocycles. The molecule has 0 aromatic heterocycles. The predicted molar refractivity (Wildman–Crippen MR) is 105 cm³/mol. The lowest BCUT2D eigenvalue weighted by atomic mass is 9.75. The first-order chi connectivity index (χ1) is 12.4. The molecule has 1 aliphatic heterocycles. The van der Waals surface area contributed by atoms with Crippen molar-refractivity contribution in [3.8, 4) is 0 Å². The quantitative estimate of drug-likeness (QED) is 0.722. The van der Waals surface area contributed by atoms with E-state index in [1.807, 2.05) is 6.07 Å². The van der Waals surface area contributed by atoms with Crippen LogP contribution in [0.5, 0.6) is 0 Å². The largest absolute Gasteiger partial charge is 0.298 e. The van der Waals surface area contributed by atoms with E-state index in [0.717, 1.165) is 42.0 Å². The molecule has 5 nitrogen and oxygen atoms in total. The van der Waals surface area contributed by atoms with E-state index in [2.05, 4.69) is 25.7 Å². The Labute approximate surface area is 164 Å². The van der Waals surface area contributed by atoms with Crippen molar-refractivity contribution in [3.05, 3.63) is 28.2 Å². The van der Waals surface area contributed by atoms with Crippen molar-refractivity contribution >= 4 is 26.0 Å². The summed E-state index contributed by atoms with van der Waals surface area (Å²) in [6.45, 7) is 4.58. The van der Waals surface area contributed by atoms with Gasteiger partial charge in [0, 0.05) is 42.7 Å². The van der Waals surface area contributed by atoms with Crippen molar-refractivity contribution in [2.75, 3.05) is 26.2 Å². The molecule has 0 amide bonds. The molecule has 0 bridgehead atoms. The zero-order valence-electron chi connectivity index (χ0n) is 15.0. The lowest BCUT2D eigenvalue weighted by Gasteiger charge is -2.47. The summed E-state index contributed by atoms with van der Waals surface area (Å²) in [7, 11) is -4.17. The number of nitrogens with zero attached hydrogens (tertiary/aromatic N) is 2. The van der Waals surface area contributed by atoms with Gasteiger partial charge in [0.15, 0.2) is 0 Å². The molecule has 0 spiro atoms. The molecular formula is C19H27BrN2O3S. The van der Waals surface area contributed by atoms with E-state index in [9.17, 15) is 13.0 Å². The summed E-state index contributed by atoms with van der Waals surface area (Å²) >= 11 is 3.42. The van der Waals surface area contributed by atoms with Crippen LogP contribution >= 0.6 is 15.9 Å². The van der Waals surface area contributed by atoms with E-state index >= 15 is 0 Å². The molecule has 1 aromatic rings. The van der Waals surface area contributed by atoms with Gasteiger partial charge >= 0.3 is 0 Å². The van der Waals surface area contributed by atoms with Crippen molar-refractivity contribution in [2.24, 2.45) is 0 Å². The fourth-order valence-electron chi connectivity index (χ4n) is 4.95. The highest BCUT2D eigenvalue weighted by Crippen LogP contribution is 2.43. The van der Waals surface area contributed by atoms with Crippen LogP contribution in [0.3, 0.4) is 0 Å². The van der Waals surface area contributed by atoms with E-state index < -0.39 is 10.1 Å². The molecule has 3 aliphatic rings. The van der Waals surface area contributed by atoms with Crippen molar-refractivity contribution in [1.82, 2.24) is 9.80 Å². The van der Waals surface area contributed by atoms with Gasteiger partial charge in [0.05, 0.1) is 4.90 Å². The Morgan fingerprint density at radius 3 is 2.12 bits per heavy atom. The molecule has 7 heteroatoms. The highest BCUT2D eigenvalue weighted by molar-refractivity contribution is 9.10. The molecule has 3 fully saturated rings. The van der Waals surface area contributed by atoms with Crippen LogP contribution in [0.25, 0.3) is 0 Å². The number of hydrogen-bond donors (Lipinski definition) is 1. The van der Waals surface area contributed by atoms with Gasteiger partial charge in [-0.05, 0) is 55.4 Å². The summed E-state index contributed by atoms with van der Waals surface area (Å²) in [4.78, 5) is 5.31. The second-order valence-corrected chi connectivity index (χ2v) is 10.3. The summed E-state index contributed by atoms with van der Waals surface area (Å²) < 4.78 is 33.7. The van der Waals surface area contributed by atoms with E-state index in [1.54, 1.807) is 6.07 Å². The molecule has 2 saturated carbocycles. The Morgan fingerprint density at radius 1 is 0.962 bits per heavy atom. The SMILES string of the molecule is O=S(=O)(O)c1ccc(Br)cc1[C@H]1C[C@@H](N2CCN(C3CCCC3)CC2)C1. The minimum absolute atomic E-state index is 0.0650. The normalized spacial score (nSPS) is 29.0. The average molecular weight is 443 g/mol. The molecule has 26 heavy (non-hydrogen) atoms. The number of hydrogen-bond acceptors (Lipinski definition) is 4. The first kappa shape index (κ1) is 18.9. The van der Waals surface area contributed by atoms with Crippen LogP contribution < -0.4 is 0 Å². The number of piperazine rings is 1. The molecule has 0 unspecified atom stereocenters. The third kappa shape index (κ3) is 3.87. The van der Waals surface area contributed by atoms with E-state index in [1.165, 1.54) is 44.8 Å². The van der Waals surface area contributed by atoms with Crippen LogP contribution in [-0.4, -0.2) is 61.0 Å². The smallest absolute Gasteiger partial charge is 0.294 e. The number of rotatable bonds is 4. The minimum Gasteiger partial charge on any atom is -0.298 e. The van der Waals surface area contributed by atoms with E-state index in [-0.39, 0.29) is 10.8 Å². The fourth-order valence-corrected chi connectivity index (χ4v) is 6.09. The summed E-state index contributed by atoms with van der Waals surface area (Å²) in [5.74, 6) is 0.210. The fraction of sp³-hybridized carbons (Fsp3) is 0.684. The molecular weight excluding hydrogens is 416 g/mol. The zero-order chi connectivity index (χ0) is 18.3. The molecule has 1 aromatic carbocycles. The Balaban J connectivity index is 1.36. The molecule has 0 atom stereocenters. The van der Waals surface area contributed by atoms with Gasteiger partial charge in [-0.3, -0.25) is 14.4 Å². The van der Waals surface area contributed by atoms with Crippen molar-refractivity contribution in [2.45, 2.75) is 61.4 Å². The third-order valence-corrected chi connectivity index (χ3v) is 7.93. The average Bonchev–Trinajstić information content (AvgIpc) is 3.07. The third-order valence-electron chi connectivity index (χ3n) is 6.51. The summed E-state index contributed by atoms with van der Waals surface area (Å²) in [6.07, 6.45) is 7.46. The van der Waals surface area contributed by atoms with Gasteiger partial charge in [0.2, 0.25) is 0 Å². The van der Waals surface area contributed by atoms with Gasteiger partial charge in [0.25, 0.3) is 10.1 Å². The Morgan fingerprint density at radius 2 is 1.54 bits per heavy atom. The van der Waals surface area contributed by atoms with Gasteiger partial charge in [0.1, 0.15) is 0 Å². The monoisotopic (exact) mass is 442 g/mol. The Hall–Kier alpha value is -0.470. The second kappa shape index (κ2) is 7.51. The molecule has 0 radical (unpaired) electrons. The van der Waals surface area contributed by atoms with Gasteiger partial charge in [-0.1, -0.05) is 28.8 Å². The van der Waals surface area contributed by atoms with Gasteiger partial charge < -0.3 is 0 Å². The first-order valence-electron chi connectivity index (χ1n) is 9.67. The van der Waals surface area contributed by atoms with Crippen molar-refractivity contribution in [3.63, 3.8) is 0 Å². The summed E-state index contributed by atoms with van der Waals surface area (Å²) in [6, 6.07) is 6.37. The molecule has 144 valence electrons. The second-order valence-electron chi connectivity index (χ2n) is 7.99. The van der Waals surface area contributed by atoms with Crippen LogP contribution in [0.15, 0.2) is 27.6 Å². The zero-order valence-corrected chi connectivity index (χ0v) is 17.4. The molecule has 1 N–H and O–H groups in total. The number of benzene rings is 1. The van der Waals surface area contributed by atoms with Crippen molar-refractivity contribution < 1.29 is 13.0 Å². The highest BCUT2D eigenvalue weighted by atomic mass is 79.9. The van der Waals surface area contributed by atoms with Crippen LogP contribution in [0, 0.1) is 0 Å². The van der Waals surface area contributed by atoms with Gasteiger partial charge in [-0.2, -0.15) is 8.42 Å². The molecule has 4 rings (SSSR count). The standard InChI is InChI=1S/C19H27BrN2O3S/c20-15-5-6-19(26(23,24)25)18(13-15)14-11-17(12-14)22-9-7-21(8-10-22)16-3-1-2-4-16/h5-6,13-14,16-17H,1-4,7-12H2,(H,23,24,25)/t14-,17+. The van der Waals surface area contributed by atoms with Crippen LogP contribution in [-0.2, 0) is 10.1 Å². The van der Waals surface area contributed by atoms with Crippen LogP contribution in [0.4, 0.5) is 0 Å². The Kier molecular flexibility index (Phi) is 5.45. The number of halogens is 1. The minimum atomic E-state index is -4.17. The lowest BCUT2D eigenvalue weighted by Crippen LogP contribution is -2.55. The summed E-state index contributed by atoms with van der Waals surface area (Å²) in [5, 5.41) is 0. The summed E-state index contributed by atoms with van der Waals surface area (Å²) in [5.41, 5.74) is 0.753. The molecule has 1 saturated heterocycles. The molecule has 2 aliphatic carbocycles. The maximum Gasteiger partial charge on any atom is 0.294 e. The van der Waals surface area contributed by atoms with Crippen molar-refractivity contribution in [1.29, 1.82) is 0 Å². The van der Waals surface area contributed by atoms with Gasteiger partial charge in [-0.15, -0.1) is 0 Å². The lowest BCUT2D eigenvalue weighted by molar-refractivity contribution is 0.0353. The Bertz CT molecular complexity index is 750. The van der Waals surface area contributed by atoms with Gasteiger partial charge in [-0.25, -0.2) is 0 Å². The first-order valence-corrected chi connectivity index (χ1v) is 11.9. The topological polar surface area (TPSA) is 60.9 Å².